The second-order valence-electron chi connectivity index (χ2n) is 3.54. The number of para-hydroxylation sites is 1. The Kier molecular flexibility index (Phi) is 3.00. The molecule has 1 aromatic heterocycles. The first kappa shape index (κ1) is 10.5. The third-order valence-corrected chi connectivity index (χ3v) is 3.55. The average Bonchev–Trinajstić information content (AvgIpc) is 2.70. The number of hydrogen-bond acceptors (Lipinski definition) is 4. The molecule has 3 N–H and O–H groups in total. The molecule has 0 aliphatic rings. The van der Waals surface area contributed by atoms with Gasteiger partial charge in [0.2, 0.25) is 0 Å². The Bertz CT molecular complexity index is 422. The molecule has 2 atom stereocenters. The van der Waals surface area contributed by atoms with Crippen molar-refractivity contribution in [3.05, 3.63) is 29.3 Å². The number of aliphatic hydroxyl groups excluding tert-OH is 1. The van der Waals surface area contributed by atoms with E-state index in [0.717, 1.165) is 16.6 Å². The molecule has 2 aromatic rings. The van der Waals surface area contributed by atoms with Gasteiger partial charge in [-0.3, -0.25) is 0 Å². The number of benzene rings is 1. The summed E-state index contributed by atoms with van der Waals surface area (Å²) in [6.45, 7) is 1.96. The van der Waals surface area contributed by atoms with E-state index in [-0.39, 0.29) is 6.04 Å². The number of thiazole rings is 1. The Balaban J connectivity index is 2.36. The highest BCUT2D eigenvalue weighted by Gasteiger charge is 2.18. The highest BCUT2D eigenvalue weighted by Crippen LogP contribution is 2.27. The molecular weight excluding hydrogens is 208 g/mol. The molecule has 0 saturated heterocycles. The molecule has 1 aromatic carbocycles. The highest BCUT2D eigenvalue weighted by atomic mass is 32.1. The van der Waals surface area contributed by atoms with E-state index in [1.807, 2.05) is 31.2 Å². The molecule has 0 spiro atoms. The predicted molar refractivity (Wildman–Crippen MR) is 62.8 cm³/mol. The third kappa shape index (κ3) is 2.02. The second-order valence-corrected chi connectivity index (χ2v) is 4.60. The van der Waals surface area contributed by atoms with E-state index in [0.29, 0.717) is 5.01 Å². The minimum Gasteiger partial charge on any atom is -0.384 e. The first-order chi connectivity index (χ1) is 7.22. The monoisotopic (exact) mass is 222 g/mol. The van der Waals surface area contributed by atoms with Crippen molar-refractivity contribution in [2.24, 2.45) is 5.73 Å². The van der Waals surface area contributed by atoms with Gasteiger partial charge < -0.3 is 10.8 Å². The zero-order chi connectivity index (χ0) is 10.8. The van der Waals surface area contributed by atoms with Crippen molar-refractivity contribution in [2.75, 3.05) is 0 Å². The van der Waals surface area contributed by atoms with Crippen molar-refractivity contribution in [1.29, 1.82) is 0 Å². The number of hydrogen-bond donors (Lipinski definition) is 2. The molecule has 15 heavy (non-hydrogen) atoms. The van der Waals surface area contributed by atoms with Gasteiger partial charge in [-0.15, -0.1) is 11.3 Å². The minimum atomic E-state index is -0.646. The van der Waals surface area contributed by atoms with Gasteiger partial charge in [-0.1, -0.05) is 19.1 Å². The van der Waals surface area contributed by atoms with E-state index in [2.05, 4.69) is 4.98 Å². The van der Waals surface area contributed by atoms with Crippen LogP contribution in [0.15, 0.2) is 24.3 Å². The molecule has 1 heterocycles. The molecule has 2 rings (SSSR count). The van der Waals surface area contributed by atoms with Crippen LogP contribution < -0.4 is 5.73 Å². The maximum atomic E-state index is 9.91. The maximum absolute atomic E-state index is 9.91. The first-order valence-electron chi connectivity index (χ1n) is 5.01. The summed E-state index contributed by atoms with van der Waals surface area (Å²) < 4.78 is 1.09. The van der Waals surface area contributed by atoms with E-state index >= 15 is 0 Å². The fourth-order valence-corrected chi connectivity index (χ4v) is 2.45. The van der Waals surface area contributed by atoms with E-state index < -0.39 is 6.10 Å². The quantitative estimate of drug-likeness (QED) is 0.835. The molecule has 0 radical (unpaired) electrons. The first-order valence-corrected chi connectivity index (χ1v) is 5.83. The van der Waals surface area contributed by atoms with Crippen LogP contribution in [0.2, 0.25) is 0 Å². The summed E-state index contributed by atoms with van der Waals surface area (Å²) in [4.78, 5) is 4.37. The standard InChI is InChI=1S/C11H14N2OS/c1-2-7(12)10(14)11-13-8-5-3-4-6-9(8)15-11/h3-7,10,14H,2,12H2,1H3/t7?,10-/m0/s1. The predicted octanol–water partition coefficient (Wildman–Crippen LogP) is 2.07. The van der Waals surface area contributed by atoms with Crippen molar-refractivity contribution < 1.29 is 5.11 Å². The van der Waals surface area contributed by atoms with E-state index in [1.54, 1.807) is 0 Å². The molecule has 1 unspecified atom stereocenters. The Morgan fingerprint density at radius 3 is 2.87 bits per heavy atom. The van der Waals surface area contributed by atoms with Gasteiger partial charge in [0.15, 0.2) is 0 Å². The lowest BCUT2D eigenvalue weighted by Gasteiger charge is -2.13. The molecular formula is C11H14N2OS. The molecule has 0 bridgehead atoms. The molecule has 3 nitrogen and oxygen atoms in total. The van der Waals surface area contributed by atoms with E-state index in [1.165, 1.54) is 11.3 Å². The zero-order valence-electron chi connectivity index (χ0n) is 8.55. The van der Waals surface area contributed by atoms with Gasteiger partial charge >= 0.3 is 0 Å². The van der Waals surface area contributed by atoms with Crippen LogP contribution >= 0.6 is 11.3 Å². The third-order valence-electron chi connectivity index (χ3n) is 2.44. The molecule has 0 saturated carbocycles. The summed E-state index contributed by atoms with van der Waals surface area (Å²) in [7, 11) is 0. The number of aromatic nitrogens is 1. The number of aliphatic hydroxyl groups is 1. The molecule has 0 amide bonds. The van der Waals surface area contributed by atoms with Gasteiger partial charge in [0.1, 0.15) is 11.1 Å². The summed E-state index contributed by atoms with van der Waals surface area (Å²) in [5, 5.41) is 10.6. The minimum absolute atomic E-state index is 0.231. The van der Waals surface area contributed by atoms with Crippen molar-refractivity contribution in [2.45, 2.75) is 25.5 Å². The zero-order valence-corrected chi connectivity index (χ0v) is 9.37. The molecule has 80 valence electrons. The van der Waals surface area contributed by atoms with E-state index in [4.69, 9.17) is 5.73 Å². The summed E-state index contributed by atoms with van der Waals surface area (Å²) in [5.74, 6) is 0. The van der Waals surface area contributed by atoms with Crippen LogP contribution in [0.3, 0.4) is 0 Å². The topological polar surface area (TPSA) is 59.1 Å². The average molecular weight is 222 g/mol. The van der Waals surface area contributed by atoms with Gasteiger partial charge in [0.25, 0.3) is 0 Å². The largest absolute Gasteiger partial charge is 0.384 e. The van der Waals surface area contributed by atoms with Crippen molar-refractivity contribution >= 4 is 21.6 Å². The normalized spacial score (nSPS) is 15.4. The maximum Gasteiger partial charge on any atom is 0.124 e. The van der Waals surface area contributed by atoms with Crippen molar-refractivity contribution in [1.82, 2.24) is 4.98 Å². The lowest BCUT2D eigenvalue weighted by atomic mass is 10.1. The molecule has 0 aliphatic heterocycles. The molecule has 0 fully saturated rings. The lowest BCUT2D eigenvalue weighted by molar-refractivity contribution is 0.144. The second kappa shape index (κ2) is 4.26. The number of nitrogens with two attached hydrogens (primary N) is 1. The van der Waals surface area contributed by atoms with Gasteiger partial charge in [-0.25, -0.2) is 4.98 Å². The Hall–Kier alpha value is -0.970. The van der Waals surface area contributed by atoms with Gasteiger partial charge in [0.05, 0.1) is 10.2 Å². The van der Waals surface area contributed by atoms with Gasteiger partial charge in [0, 0.05) is 6.04 Å². The number of rotatable bonds is 3. The summed E-state index contributed by atoms with van der Waals surface area (Å²) in [5.41, 5.74) is 6.72. The molecule has 0 aliphatic carbocycles. The fraction of sp³-hybridized carbons (Fsp3) is 0.364. The van der Waals surface area contributed by atoms with Crippen LogP contribution in [0.1, 0.15) is 24.5 Å². The SMILES string of the molecule is CCC(N)[C@H](O)c1nc2ccccc2s1. The summed E-state index contributed by atoms with van der Waals surface area (Å²) in [6, 6.07) is 7.62. The van der Waals surface area contributed by atoms with Gasteiger partial charge in [-0.05, 0) is 18.6 Å². The van der Waals surface area contributed by atoms with Crippen LogP contribution in [-0.4, -0.2) is 16.1 Å². The Morgan fingerprint density at radius 2 is 2.20 bits per heavy atom. The Morgan fingerprint density at radius 1 is 1.47 bits per heavy atom. The lowest BCUT2D eigenvalue weighted by Crippen LogP contribution is -2.27. The van der Waals surface area contributed by atoms with Crippen LogP contribution in [0.5, 0.6) is 0 Å². The van der Waals surface area contributed by atoms with Crippen LogP contribution in [0.4, 0.5) is 0 Å². The number of fused-ring (bicyclic) bond motifs is 1. The molecule has 4 heteroatoms. The summed E-state index contributed by atoms with van der Waals surface area (Å²) in [6.07, 6.45) is 0.101. The van der Waals surface area contributed by atoms with Crippen LogP contribution in [0.25, 0.3) is 10.2 Å². The van der Waals surface area contributed by atoms with Crippen LogP contribution in [0, 0.1) is 0 Å². The smallest absolute Gasteiger partial charge is 0.124 e. The van der Waals surface area contributed by atoms with Crippen LogP contribution in [-0.2, 0) is 0 Å². The summed E-state index contributed by atoms with van der Waals surface area (Å²) >= 11 is 1.51. The highest BCUT2D eigenvalue weighted by molar-refractivity contribution is 7.18. The van der Waals surface area contributed by atoms with Crippen molar-refractivity contribution in [3.8, 4) is 0 Å². The van der Waals surface area contributed by atoms with Crippen molar-refractivity contribution in [3.63, 3.8) is 0 Å². The Labute approximate surface area is 92.6 Å². The van der Waals surface area contributed by atoms with Gasteiger partial charge in [-0.2, -0.15) is 0 Å². The fourth-order valence-electron chi connectivity index (χ4n) is 1.42. The number of nitrogens with zero attached hydrogens (tertiary/aromatic N) is 1. The van der Waals surface area contributed by atoms with E-state index in [9.17, 15) is 5.11 Å².